The zero-order valence-corrected chi connectivity index (χ0v) is 17.8. The quantitative estimate of drug-likeness (QED) is 0.614. The first-order chi connectivity index (χ1) is 13.6. The van der Waals surface area contributed by atoms with Gasteiger partial charge in [0, 0.05) is 11.3 Å². The lowest BCUT2D eigenvalue weighted by Gasteiger charge is -2.21. The summed E-state index contributed by atoms with van der Waals surface area (Å²) in [7, 11) is -2.21. The van der Waals surface area contributed by atoms with Crippen molar-refractivity contribution >= 4 is 27.5 Å². The monoisotopic (exact) mass is 417 g/mol. The van der Waals surface area contributed by atoms with Crippen LogP contribution in [0.1, 0.15) is 36.2 Å². The molecule has 2 aromatic rings. The van der Waals surface area contributed by atoms with Crippen LogP contribution in [0.2, 0.25) is 0 Å². The van der Waals surface area contributed by atoms with E-state index < -0.39 is 16.1 Å². The molecule has 0 bridgehead atoms. The van der Waals surface area contributed by atoms with E-state index in [-0.39, 0.29) is 22.6 Å². The highest BCUT2D eigenvalue weighted by atomic mass is 32.2. The molecular formula is C21H27N3O4S. The van der Waals surface area contributed by atoms with E-state index >= 15 is 0 Å². The van der Waals surface area contributed by atoms with Crippen LogP contribution in [0.4, 0.5) is 5.69 Å². The predicted octanol–water partition coefficient (Wildman–Crippen LogP) is 2.69. The van der Waals surface area contributed by atoms with Crippen molar-refractivity contribution in [2.24, 2.45) is 5.92 Å². The summed E-state index contributed by atoms with van der Waals surface area (Å²) in [6.45, 7) is 5.78. The Labute approximate surface area is 172 Å². The van der Waals surface area contributed by atoms with Gasteiger partial charge in [0.2, 0.25) is 15.9 Å². The van der Waals surface area contributed by atoms with Crippen molar-refractivity contribution in [1.82, 2.24) is 10.0 Å². The van der Waals surface area contributed by atoms with Crippen LogP contribution >= 0.6 is 0 Å². The van der Waals surface area contributed by atoms with Crippen LogP contribution in [0.3, 0.4) is 0 Å². The number of sulfonamides is 1. The molecule has 156 valence electrons. The number of carbonyl (C=O) groups excluding carboxylic acids is 2. The van der Waals surface area contributed by atoms with Crippen molar-refractivity contribution in [2.75, 3.05) is 12.4 Å². The van der Waals surface area contributed by atoms with E-state index in [4.69, 9.17) is 0 Å². The van der Waals surface area contributed by atoms with Crippen molar-refractivity contribution in [3.63, 3.8) is 0 Å². The largest absolute Gasteiger partial charge is 0.340 e. The predicted molar refractivity (Wildman–Crippen MR) is 113 cm³/mol. The van der Waals surface area contributed by atoms with E-state index in [2.05, 4.69) is 15.4 Å². The minimum atomic E-state index is -3.55. The summed E-state index contributed by atoms with van der Waals surface area (Å²) in [5.74, 6) is -0.477. The zero-order valence-electron chi connectivity index (χ0n) is 17.0. The van der Waals surface area contributed by atoms with Crippen LogP contribution in [0.5, 0.6) is 0 Å². The van der Waals surface area contributed by atoms with Gasteiger partial charge < -0.3 is 10.6 Å². The fraction of sp³-hybridized carbons (Fsp3) is 0.333. The van der Waals surface area contributed by atoms with E-state index in [0.717, 1.165) is 5.56 Å². The zero-order chi connectivity index (χ0) is 21.6. The second-order valence-corrected chi connectivity index (χ2v) is 9.08. The van der Waals surface area contributed by atoms with Gasteiger partial charge in [-0.05, 0) is 62.2 Å². The lowest BCUT2D eigenvalue weighted by molar-refractivity contribution is -0.118. The maximum Gasteiger partial charge on any atom is 0.252 e. The number of nitrogens with one attached hydrogen (secondary N) is 3. The number of hydrogen-bond acceptors (Lipinski definition) is 4. The first kappa shape index (κ1) is 22.6. The Morgan fingerprint density at radius 1 is 1.00 bits per heavy atom. The summed E-state index contributed by atoms with van der Waals surface area (Å²) in [5.41, 5.74) is 1.80. The molecule has 7 nitrogen and oxygen atoms in total. The molecule has 0 saturated heterocycles. The minimum Gasteiger partial charge on any atom is -0.340 e. The number of carbonyl (C=O) groups is 2. The molecule has 2 amide bonds. The number of rotatable bonds is 8. The van der Waals surface area contributed by atoms with Crippen LogP contribution in [0.15, 0.2) is 53.4 Å². The number of hydrogen-bond donors (Lipinski definition) is 3. The first-order valence-corrected chi connectivity index (χ1v) is 10.8. The molecule has 0 unspecified atom stereocenters. The molecule has 0 saturated carbocycles. The maximum absolute atomic E-state index is 12.8. The van der Waals surface area contributed by atoms with E-state index in [1.165, 1.54) is 31.3 Å². The van der Waals surface area contributed by atoms with E-state index in [1.54, 1.807) is 12.1 Å². The highest BCUT2D eigenvalue weighted by molar-refractivity contribution is 7.89. The lowest BCUT2D eigenvalue weighted by Crippen LogP contribution is -2.44. The van der Waals surface area contributed by atoms with Crippen LogP contribution in [0.25, 0.3) is 0 Å². The SMILES string of the molecule is CNS(=O)(=O)c1ccc(NC(=O)[C@H](CC(C)C)NC(=O)c2ccccc2C)cc1. The van der Waals surface area contributed by atoms with Crippen LogP contribution < -0.4 is 15.4 Å². The Bertz CT molecular complexity index is 970. The minimum absolute atomic E-state index is 0.101. The molecule has 0 aliphatic carbocycles. The van der Waals surface area contributed by atoms with Gasteiger partial charge in [-0.2, -0.15) is 0 Å². The van der Waals surface area contributed by atoms with Gasteiger partial charge in [-0.1, -0.05) is 32.0 Å². The normalized spacial score (nSPS) is 12.4. The average molecular weight is 418 g/mol. The summed E-state index contributed by atoms with van der Waals surface area (Å²) in [4.78, 5) is 25.5. The van der Waals surface area contributed by atoms with Gasteiger partial charge in [0.1, 0.15) is 6.04 Å². The average Bonchev–Trinajstić information content (AvgIpc) is 2.67. The number of benzene rings is 2. The molecule has 29 heavy (non-hydrogen) atoms. The molecule has 3 N–H and O–H groups in total. The highest BCUT2D eigenvalue weighted by Crippen LogP contribution is 2.16. The van der Waals surface area contributed by atoms with Gasteiger partial charge in [-0.25, -0.2) is 13.1 Å². The summed E-state index contributed by atoms with van der Waals surface area (Å²) in [6.07, 6.45) is 0.468. The smallest absolute Gasteiger partial charge is 0.252 e. The molecule has 0 fully saturated rings. The number of aryl methyl sites for hydroxylation is 1. The third kappa shape index (κ3) is 6.13. The van der Waals surface area contributed by atoms with Gasteiger partial charge in [0.15, 0.2) is 0 Å². The second kappa shape index (κ2) is 9.67. The van der Waals surface area contributed by atoms with Crippen molar-refractivity contribution in [3.05, 3.63) is 59.7 Å². The Kier molecular flexibility index (Phi) is 7.53. The number of anilines is 1. The molecule has 0 aliphatic rings. The Balaban J connectivity index is 2.14. The standard InChI is InChI=1S/C21H27N3O4S/c1-14(2)13-19(24-20(25)18-8-6-5-7-15(18)3)21(26)23-16-9-11-17(12-10-16)29(27,28)22-4/h5-12,14,19,22H,13H2,1-4H3,(H,23,26)(H,24,25)/t19-/m0/s1. The summed E-state index contributed by atoms with van der Waals surface area (Å²) < 4.78 is 25.8. The molecule has 8 heteroatoms. The topological polar surface area (TPSA) is 104 Å². The van der Waals surface area contributed by atoms with Crippen molar-refractivity contribution in [1.29, 1.82) is 0 Å². The molecule has 0 spiro atoms. The molecule has 0 radical (unpaired) electrons. The third-order valence-electron chi connectivity index (χ3n) is 4.42. The Morgan fingerprint density at radius 2 is 1.62 bits per heavy atom. The van der Waals surface area contributed by atoms with Crippen molar-refractivity contribution < 1.29 is 18.0 Å². The van der Waals surface area contributed by atoms with Crippen molar-refractivity contribution in [2.45, 2.75) is 38.1 Å². The molecular weight excluding hydrogens is 390 g/mol. The van der Waals surface area contributed by atoms with E-state index in [9.17, 15) is 18.0 Å². The summed E-state index contributed by atoms with van der Waals surface area (Å²) in [6, 6.07) is 12.3. The van der Waals surface area contributed by atoms with Gasteiger partial charge in [0.05, 0.1) is 4.90 Å². The molecule has 2 aromatic carbocycles. The fourth-order valence-electron chi connectivity index (χ4n) is 2.83. The van der Waals surface area contributed by atoms with Crippen LogP contribution in [0, 0.1) is 12.8 Å². The first-order valence-electron chi connectivity index (χ1n) is 9.35. The summed E-state index contributed by atoms with van der Waals surface area (Å²) >= 11 is 0. The highest BCUT2D eigenvalue weighted by Gasteiger charge is 2.23. The number of amides is 2. The van der Waals surface area contributed by atoms with Gasteiger partial charge in [-0.15, -0.1) is 0 Å². The maximum atomic E-state index is 12.8. The van der Waals surface area contributed by atoms with E-state index in [1.807, 2.05) is 32.9 Å². The fourth-order valence-corrected chi connectivity index (χ4v) is 3.56. The van der Waals surface area contributed by atoms with Gasteiger partial charge in [0.25, 0.3) is 5.91 Å². The molecule has 0 aromatic heterocycles. The molecule has 0 aliphatic heterocycles. The lowest BCUT2D eigenvalue weighted by atomic mass is 10.0. The van der Waals surface area contributed by atoms with Crippen LogP contribution in [-0.2, 0) is 14.8 Å². The van der Waals surface area contributed by atoms with Crippen LogP contribution in [-0.4, -0.2) is 33.3 Å². The Morgan fingerprint density at radius 3 is 2.17 bits per heavy atom. The second-order valence-electron chi connectivity index (χ2n) is 7.19. The molecule has 0 heterocycles. The van der Waals surface area contributed by atoms with E-state index in [0.29, 0.717) is 17.7 Å². The summed E-state index contributed by atoms with van der Waals surface area (Å²) in [5, 5.41) is 5.56. The molecule has 2 rings (SSSR count). The molecule has 1 atom stereocenters. The third-order valence-corrected chi connectivity index (χ3v) is 5.85. The van der Waals surface area contributed by atoms with Gasteiger partial charge in [-0.3, -0.25) is 9.59 Å². The van der Waals surface area contributed by atoms with Gasteiger partial charge >= 0.3 is 0 Å². The van der Waals surface area contributed by atoms with Crippen molar-refractivity contribution in [3.8, 4) is 0 Å². The Hall–Kier alpha value is -2.71.